The van der Waals surface area contributed by atoms with E-state index in [1.54, 1.807) is 12.5 Å². The quantitative estimate of drug-likeness (QED) is 0.737. The summed E-state index contributed by atoms with van der Waals surface area (Å²) < 4.78 is 7.57. The summed E-state index contributed by atoms with van der Waals surface area (Å²) in [4.78, 5) is 4.01. The molecule has 2 aromatic rings. The molecular formula is C13H13N3O. The molecule has 4 nitrogen and oxygen atoms in total. The van der Waals surface area contributed by atoms with Gasteiger partial charge in [-0.05, 0) is 18.6 Å². The standard InChI is InChI=1S/C13H13N3O/c14-7-3-4-10-17-13-6-2-1-5-12(13)16-9-8-15-11-16/h1-2,5-6,8-9,11H,3-4,10H2. The third-order valence-electron chi connectivity index (χ3n) is 2.34. The zero-order valence-corrected chi connectivity index (χ0v) is 9.41. The maximum atomic E-state index is 8.45. The first-order chi connectivity index (χ1) is 8.42. The minimum Gasteiger partial charge on any atom is -0.491 e. The van der Waals surface area contributed by atoms with Gasteiger partial charge < -0.3 is 9.30 Å². The fourth-order valence-electron chi connectivity index (χ4n) is 1.53. The summed E-state index contributed by atoms with van der Waals surface area (Å²) in [5.41, 5.74) is 0.960. The summed E-state index contributed by atoms with van der Waals surface area (Å²) in [7, 11) is 0. The van der Waals surface area contributed by atoms with Crippen LogP contribution in [0.25, 0.3) is 5.69 Å². The Kier molecular flexibility index (Phi) is 3.77. The van der Waals surface area contributed by atoms with Gasteiger partial charge in [0.15, 0.2) is 0 Å². The number of imidazole rings is 1. The van der Waals surface area contributed by atoms with E-state index in [2.05, 4.69) is 11.1 Å². The fraction of sp³-hybridized carbons (Fsp3) is 0.231. The Morgan fingerprint density at radius 2 is 2.24 bits per heavy atom. The summed E-state index contributed by atoms with van der Waals surface area (Å²) >= 11 is 0. The van der Waals surface area contributed by atoms with E-state index in [1.807, 2.05) is 35.0 Å². The first kappa shape index (κ1) is 11.2. The van der Waals surface area contributed by atoms with Crippen LogP contribution >= 0.6 is 0 Å². The SMILES string of the molecule is N#CCCCOc1ccccc1-n1ccnc1. The highest BCUT2D eigenvalue weighted by molar-refractivity contribution is 5.46. The van der Waals surface area contributed by atoms with Gasteiger partial charge in [0.2, 0.25) is 0 Å². The molecule has 0 unspecified atom stereocenters. The number of aromatic nitrogens is 2. The lowest BCUT2D eigenvalue weighted by Gasteiger charge is -2.10. The fourth-order valence-corrected chi connectivity index (χ4v) is 1.53. The van der Waals surface area contributed by atoms with Crippen LogP contribution in [0.2, 0.25) is 0 Å². The molecule has 0 fully saturated rings. The zero-order chi connectivity index (χ0) is 11.9. The zero-order valence-electron chi connectivity index (χ0n) is 9.41. The van der Waals surface area contributed by atoms with Crippen molar-refractivity contribution in [3.63, 3.8) is 0 Å². The maximum absolute atomic E-state index is 8.45. The van der Waals surface area contributed by atoms with Crippen LogP contribution in [0.4, 0.5) is 0 Å². The van der Waals surface area contributed by atoms with Crippen molar-refractivity contribution in [2.24, 2.45) is 0 Å². The maximum Gasteiger partial charge on any atom is 0.143 e. The molecule has 0 amide bonds. The van der Waals surface area contributed by atoms with Crippen molar-refractivity contribution in [2.75, 3.05) is 6.61 Å². The molecule has 0 aliphatic carbocycles. The van der Waals surface area contributed by atoms with E-state index in [1.165, 1.54) is 0 Å². The van der Waals surface area contributed by atoms with Gasteiger partial charge in [-0.3, -0.25) is 0 Å². The van der Waals surface area contributed by atoms with Crippen molar-refractivity contribution < 1.29 is 4.74 Å². The van der Waals surface area contributed by atoms with Crippen molar-refractivity contribution in [2.45, 2.75) is 12.8 Å². The number of para-hydroxylation sites is 2. The Hall–Kier alpha value is -2.28. The lowest BCUT2D eigenvalue weighted by molar-refractivity contribution is 0.312. The molecule has 4 heteroatoms. The van der Waals surface area contributed by atoms with Crippen LogP contribution in [0.1, 0.15) is 12.8 Å². The van der Waals surface area contributed by atoms with Crippen LogP contribution in [0.15, 0.2) is 43.0 Å². The lowest BCUT2D eigenvalue weighted by atomic mass is 10.3. The number of hydrogen-bond acceptors (Lipinski definition) is 3. The van der Waals surface area contributed by atoms with Crippen molar-refractivity contribution >= 4 is 0 Å². The van der Waals surface area contributed by atoms with Gasteiger partial charge in [-0.15, -0.1) is 0 Å². The molecule has 1 aromatic carbocycles. The topological polar surface area (TPSA) is 50.8 Å². The van der Waals surface area contributed by atoms with Crippen LogP contribution in [-0.2, 0) is 0 Å². The number of nitrogens with zero attached hydrogens (tertiary/aromatic N) is 3. The highest BCUT2D eigenvalue weighted by Gasteiger charge is 2.03. The van der Waals surface area contributed by atoms with E-state index in [-0.39, 0.29) is 0 Å². The molecule has 1 heterocycles. The van der Waals surface area contributed by atoms with Crippen LogP contribution in [0.3, 0.4) is 0 Å². The Labute approximate surface area is 100 Å². The van der Waals surface area contributed by atoms with E-state index in [0.29, 0.717) is 13.0 Å². The van der Waals surface area contributed by atoms with Gasteiger partial charge in [-0.2, -0.15) is 5.26 Å². The van der Waals surface area contributed by atoms with Gasteiger partial charge >= 0.3 is 0 Å². The Balaban J connectivity index is 2.09. The molecule has 0 N–H and O–H groups in total. The first-order valence-electron chi connectivity index (χ1n) is 5.49. The molecule has 0 aliphatic rings. The van der Waals surface area contributed by atoms with E-state index in [4.69, 9.17) is 10.00 Å². The molecule has 0 radical (unpaired) electrons. The summed E-state index contributed by atoms with van der Waals surface area (Å²) in [6.07, 6.45) is 6.60. The molecule has 17 heavy (non-hydrogen) atoms. The number of benzene rings is 1. The van der Waals surface area contributed by atoms with Gasteiger partial charge in [0, 0.05) is 18.8 Å². The van der Waals surface area contributed by atoms with Crippen LogP contribution < -0.4 is 4.74 Å². The summed E-state index contributed by atoms with van der Waals surface area (Å²) in [5, 5.41) is 8.45. The highest BCUT2D eigenvalue weighted by atomic mass is 16.5. The second-order valence-electron chi connectivity index (χ2n) is 3.55. The number of hydrogen-bond donors (Lipinski definition) is 0. The Morgan fingerprint density at radius 1 is 1.35 bits per heavy atom. The summed E-state index contributed by atoms with van der Waals surface area (Å²) in [5.74, 6) is 0.809. The second-order valence-corrected chi connectivity index (χ2v) is 3.55. The summed E-state index contributed by atoms with van der Waals surface area (Å²) in [6, 6.07) is 9.88. The van der Waals surface area contributed by atoms with Gasteiger partial charge in [-0.25, -0.2) is 4.98 Å². The van der Waals surface area contributed by atoms with Crippen molar-refractivity contribution in [1.82, 2.24) is 9.55 Å². The number of unbranched alkanes of at least 4 members (excludes halogenated alkanes) is 1. The molecule has 1 aromatic heterocycles. The predicted octanol–water partition coefficient (Wildman–Crippen LogP) is 2.55. The van der Waals surface area contributed by atoms with E-state index >= 15 is 0 Å². The molecule has 0 spiro atoms. The molecule has 0 saturated heterocycles. The predicted molar refractivity (Wildman–Crippen MR) is 63.9 cm³/mol. The van der Waals surface area contributed by atoms with Gasteiger partial charge in [-0.1, -0.05) is 12.1 Å². The van der Waals surface area contributed by atoms with Crippen LogP contribution in [0, 0.1) is 11.3 Å². The van der Waals surface area contributed by atoms with Crippen molar-refractivity contribution in [3.05, 3.63) is 43.0 Å². The van der Waals surface area contributed by atoms with Gasteiger partial charge in [0.25, 0.3) is 0 Å². The minimum atomic E-state index is 0.521. The van der Waals surface area contributed by atoms with Crippen molar-refractivity contribution in [3.8, 4) is 17.5 Å². The smallest absolute Gasteiger partial charge is 0.143 e. The van der Waals surface area contributed by atoms with Crippen LogP contribution in [-0.4, -0.2) is 16.2 Å². The second kappa shape index (κ2) is 5.71. The average molecular weight is 227 g/mol. The average Bonchev–Trinajstić information content (AvgIpc) is 2.89. The first-order valence-corrected chi connectivity index (χ1v) is 5.49. The number of ether oxygens (including phenoxy) is 1. The highest BCUT2D eigenvalue weighted by Crippen LogP contribution is 2.22. The Morgan fingerprint density at radius 3 is 3.00 bits per heavy atom. The minimum absolute atomic E-state index is 0.521. The molecular weight excluding hydrogens is 214 g/mol. The number of nitriles is 1. The lowest BCUT2D eigenvalue weighted by Crippen LogP contribution is -2.01. The third-order valence-corrected chi connectivity index (χ3v) is 2.34. The van der Waals surface area contributed by atoms with Crippen molar-refractivity contribution in [1.29, 1.82) is 5.26 Å². The number of rotatable bonds is 5. The van der Waals surface area contributed by atoms with Gasteiger partial charge in [0.05, 0.1) is 24.7 Å². The molecule has 0 aliphatic heterocycles. The Bertz CT molecular complexity index is 500. The molecule has 0 bridgehead atoms. The molecule has 0 atom stereocenters. The van der Waals surface area contributed by atoms with Crippen LogP contribution in [0.5, 0.6) is 5.75 Å². The molecule has 86 valence electrons. The monoisotopic (exact) mass is 227 g/mol. The summed E-state index contributed by atoms with van der Waals surface area (Å²) in [6.45, 7) is 0.555. The normalized spacial score (nSPS) is 9.82. The molecule has 0 saturated carbocycles. The van der Waals surface area contributed by atoms with E-state index in [0.717, 1.165) is 17.9 Å². The van der Waals surface area contributed by atoms with E-state index in [9.17, 15) is 0 Å². The van der Waals surface area contributed by atoms with E-state index < -0.39 is 0 Å². The third kappa shape index (κ3) is 2.85. The largest absolute Gasteiger partial charge is 0.491 e. The molecule has 2 rings (SSSR count). The van der Waals surface area contributed by atoms with Gasteiger partial charge in [0.1, 0.15) is 5.75 Å².